The van der Waals surface area contributed by atoms with Crippen molar-refractivity contribution in [3.05, 3.63) is 0 Å². The lowest BCUT2D eigenvalue weighted by Gasteiger charge is -2.34. The van der Waals surface area contributed by atoms with Crippen molar-refractivity contribution >= 4 is 0 Å². The molecule has 2 fully saturated rings. The summed E-state index contributed by atoms with van der Waals surface area (Å²) >= 11 is 0. The van der Waals surface area contributed by atoms with Gasteiger partial charge < -0.3 is 10.2 Å². The molecule has 1 N–H and O–H groups in total. The monoisotopic (exact) mass is 196 g/mol. The minimum atomic E-state index is 0.928. The lowest BCUT2D eigenvalue weighted by Crippen LogP contribution is -2.41. The molecule has 1 atom stereocenters. The Hall–Kier alpha value is -0.0800. The zero-order valence-corrected chi connectivity index (χ0v) is 9.47. The van der Waals surface area contributed by atoms with Gasteiger partial charge in [0.2, 0.25) is 0 Å². The Labute approximate surface area is 88.1 Å². The SMILES string of the molecule is CC1CCN(CC2CCCNC2)CC1. The molecule has 0 radical (unpaired) electrons. The molecule has 2 heteroatoms. The van der Waals surface area contributed by atoms with Crippen LogP contribution in [0.1, 0.15) is 32.6 Å². The molecule has 1 unspecified atom stereocenters. The maximum Gasteiger partial charge on any atom is 0.00218 e. The summed E-state index contributed by atoms with van der Waals surface area (Å²) in [6, 6.07) is 0. The van der Waals surface area contributed by atoms with Crippen molar-refractivity contribution in [1.29, 1.82) is 0 Å². The van der Waals surface area contributed by atoms with Gasteiger partial charge >= 0.3 is 0 Å². The van der Waals surface area contributed by atoms with Gasteiger partial charge in [0.25, 0.3) is 0 Å². The number of piperidine rings is 2. The van der Waals surface area contributed by atoms with Gasteiger partial charge in [0.1, 0.15) is 0 Å². The highest BCUT2D eigenvalue weighted by Gasteiger charge is 2.20. The molecule has 0 saturated carbocycles. The van der Waals surface area contributed by atoms with Gasteiger partial charge in [-0.15, -0.1) is 0 Å². The van der Waals surface area contributed by atoms with Crippen LogP contribution in [0.15, 0.2) is 0 Å². The second-order valence-electron chi connectivity index (χ2n) is 5.20. The molecular formula is C12H24N2. The van der Waals surface area contributed by atoms with Gasteiger partial charge in [0.15, 0.2) is 0 Å². The van der Waals surface area contributed by atoms with E-state index >= 15 is 0 Å². The molecule has 2 heterocycles. The average Bonchev–Trinajstić information content (AvgIpc) is 2.23. The molecule has 2 aliphatic rings. The van der Waals surface area contributed by atoms with Crippen LogP contribution in [0.2, 0.25) is 0 Å². The van der Waals surface area contributed by atoms with Crippen LogP contribution in [0.3, 0.4) is 0 Å². The minimum Gasteiger partial charge on any atom is -0.316 e. The lowest BCUT2D eigenvalue weighted by molar-refractivity contribution is 0.155. The Morgan fingerprint density at radius 3 is 2.64 bits per heavy atom. The van der Waals surface area contributed by atoms with Crippen LogP contribution < -0.4 is 5.32 Å². The standard InChI is InChI=1S/C12H24N2/c1-11-4-7-14(8-5-11)10-12-3-2-6-13-9-12/h11-13H,2-10H2,1H3. The smallest absolute Gasteiger partial charge is 0.00218 e. The Kier molecular flexibility index (Phi) is 3.82. The molecule has 2 nitrogen and oxygen atoms in total. The summed E-state index contributed by atoms with van der Waals surface area (Å²) in [4.78, 5) is 2.68. The highest BCUT2D eigenvalue weighted by Crippen LogP contribution is 2.19. The van der Waals surface area contributed by atoms with Gasteiger partial charge in [0.05, 0.1) is 0 Å². The summed E-state index contributed by atoms with van der Waals surface area (Å²) in [6.07, 6.45) is 5.66. The molecule has 0 aromatic rings. The molecule has 14 heavy (non-hydrogen) atoms. The van der Waals surface area contributed by atoms with Crippen molar-refractivity contribution in [2.24, 2.45) is 11.8 Å². The number of nitrogens with one attached hydrogen (secondary N) is 1. The molecule has 2 rings (SSSR count). The van der Waals surface area contributed by atoms with Crippen LogP contribution in [0, 0.1) is 11.8 Å². The van der Waals surface area contributed by atoms with Crippen molar-refractivity contribution in [3.63, 3.8) is 0 Å². The van der Waals surface area contributed by atoms with E-state index in [9.17, 15) is 0 Å². The fourth-order valence-electron chi connectivity index (χ4n) is 2.69. The van der Waals surface area contributed by atoms with E-state index in [2.05, 4.69) is 17.1 Å². The van der Waals surface area contributed by atoms with E-state index in [0.717, 1.165) is 11.8 Å². The summed E-state index contributed by atoms with van der Waals surface area (Å²) < 4.78 is 0. The predicted octanol–water partition coefficient (Wildman–Crippen LogP) is 1.72. The Balaban J connectivity index is 1.68. The van der Waals surface area contributed by atoms with E-state index in [1.54, 1.807) is 0 Å². The van der Waals surface area contributed by atoms with E-state index in [-0.39, 0.29) is 0 Å². The van der Waals surface area contributed by atoms with Crippen molar-refractivity contribution in [2.45, 2.75) is 32.6 Å². The van der Waals surface area contributed by atoms with Crippen LogP contribution in [0.25, 0.3) is 0 Å². The normalized spacial score (nSPS) is 31.9. The van der Waals surface area contributed by atoms with E-state index in [0.29, 0.717) is 0 Å². The first-order valence-corrected chi connectivity index (χ1v) is 6.27. The highest BCUT2D eigenvalue weighted by molar-refractivity contribution is 4.76. The van der Waals surface area contributed by atoms with Crippen molar-refractivity contribution < 1.29 is 0 Å². The number of rotatable bonds is 2. The second kappa shape index (κ2) is 5.13. The van der Waals surface area contributed by atoms with E-state index in [1.165, 1.54) is 58.4 Å². The van der Waals surface area contributed by atoms with Crippen molar-refractivity contribution in [1.82, 2.24) is 10.2 Å². The summed E-state index contributed by atoms with van der Waals surface area (Å²) in [5, 5.41) is 3.51. The summed E-state index contributed by atoms with van der Waals surface area (Å²) in [5.41, 5.74) is 0. The van der Waals surface area contributed by atoms with E-state index in [4.69, 9.17) is 0 Å². The summed E-state index contributed by atoms with van der Waals surface area (Å²) in [7, 11) is 0. The Morgan fingerprint density at radius 2 is 2.00 bits per heavy atom. The molecule has 0 aliphatic carbocycles. The van der Waals surface area contributed by atoms with Crippen LogP contribution in [-0.4, -0.2) is 37.6 Å². The van der Waals surface area contributed by atoms with Crippen LogP contribution in [0.5, 0.6) is 0 Å². The molecule has 0 aromatic heterocycles. The lowest BCUT2D eigenvalue weighted by atomic mass is 9.95. The third-order valence-electron chi connectivity index (χ3n) is 3.79. The number of hydrogen-bond acceptors (Lipinski definition) is 2. The molecular weight excluding hydrogens is 172 g/mol. The molecule has 0 spiro atoms. The molecule has 0 bridgehead atoms. The second-order valence-corrected chi connectivity index (χ2v) is 5.20. The quantitative estimate of drug-likeness (QED) is 0.723. The maximum absolute atomic E-state index is 3.51. The van der Waals surface area contributed by atoms with Crippen molar-refractivity contribution in [3.8, 4) is 0 Å². The average molecular weight is 196 g/mol. The number of hydrogen-bond donors (Lipinski definition) is 1. The van der Waals surface area contributed by atoms with Gasteiger partial charge in [0, 0.05) is 6.54 Å². The first-order chi connectivity index (χ1) is 6.84. The van der Waals surface area contributed by atoms with Gasteiger partial charge in [-0.05, 0) is 63.7 Å². The van der Waals surface area contributed by atoms with E-state index < -0.39 is 0 Å². The van der Waals surface area contributed by atoms with E-state index in [1.807, 2.05) is 0 Å². The zero-order chi connectivity index (χ0) is 9.80. The van der Waals surface area contributed by atoms with Crippen LogP contribution >= 0.6 is 0 Å². The van der Waals surface area contributed by atoms with Crippen LogP contribution in [-0.2, 0) is 0 Å². The molecule has 0 aromatic carbocycles. The fraction of sp³-hybridized carbons (Fsp3) is 1.00. The minimum absolute atomic E-state index is 0.928. The summed E-state index contributed by atoms with van der Waals surface area (Å²) in [6.45, 7) is 8.92. The largest absolute Gasteiger partial charge is 0.316 e. The predicted molar refractivity (Wildman–Crippen MR) is 60.4 cm³/mol. The molecule has 2 saturated heterocycles. The van der Waals surface area contributed by atoms with Gasteiger partial charge in [-0.2, -0.15) is 0 Å². The number of nitrogens with zero attached hydrogens (tertiary/aromatic N) is 1. The fourth-order valence-corrected chi connectivity index (χ4v) is 2.69. The summed E-state index contributed by atoms with van der Waals surface area (Å²) in [5.74, 6) is 1.90. The third-order valence-corrected chi connectivity index (χ3v) is 3.79. The van der Waals surface area contributed by atoms with Gasteiger partial charge in [-0.3, -0.25) is 0 Å². The Morgan fingerprint density at radius 1 is 1.21 bits per heavy atom. The topological polar surface area (TPSA) is 15.3 Å². The van der Waals surface area contributed by atoms with Gasteiger partial charge in [-0.1, -0.05) is 6.92 Å². The maximum atomic E-state index is 3.51. The first kappa shape index (κ1) is 10.4. The molecule has 2 aliphatic heterocycles. The molecule has 0 amide bonds. The van der Waals surface area contributed by atoms with Crippen molar-refractivity contribution in [2.75, 3.05) is 32.7 Å². The zero-order valence-electron chi connectivity index (χ0n) is 9.47. The first-order valence-electron chi connectivity index (χ1n) is 6.27. The third kappa shape index (κ3) is 2.96. The van der Waals surface area contributed by atoms with Crippen LogP contribution in [0.4, 0.5) is 0 Å². The highest BCUT2D eigenvalue weighted by atomic mass is 15.1. The Bertz CT molecular complexity index is 156. The molecule has 82 valence electrons. The van der Waals surface area contributed by atoms with Gasteiger partial charge in [-0.25, -0.2) is 0 Å². The number of likely N-dealkylation sites (tertiary alicyclic amines) is 1.